The molecule has 0 fully saturated rings. The predicted molar refractivity (Wildman–Crippen MR) is 93.3 cm³/mol. The van der Waals surface area contributed by atoms with Crippen LogP contribution in [0.2, 0.25) is 36.0 Å². The summed E-state index contributed by atoms with van der Waals surface area (Å²) < 4.78 is 7.95. The molecule has 0 aliphatic rings. The number of fused-ring (bicyclic) bond motifs is 1. The zero-order valence-electron chi connectivity index (χ0n) is 13.3. The van der Waals surface area contributed by atoms with Crippen LogP contribution in [0.5, 0.6) is 0 Å². The SMILES string of the molecule is Cc1c(C)n(COCC[Si](C)(C)C)c2c(Cl)nc(Cl)cc12. The van der Waals surface area contributed by atoms with Crippen molar-refractivity contribution in [1.29, 1.82) is 0 Å². The minimum Gasteiger partial charge on any atom is -0.361 e. The lowest BCUT2D eigenvalue weighted by atomic mass is 10.2. The lowest BCUT2D eigenvalue weighted by molar-refractivity contribution is 0.0889. The largest absolute Gasteiger partial charge is 0.361 e. The Balaban J connectivity index is 2.26. The molecule has 6 heteroatoms. The van der Waals surface area contributed by atoms with Gasteiger partial charge in [-0.05, 0) is 31.5 Å². The Bertz CT molecular complexity index is 662. The Kier molecular flexibility index (Phi) is 5.03. The van der Waals surface area contributed by atoms with Crippen molar-refractivity contribution in [2.24, 2.45) is 0 Å². The fourth-order valence-electron chi connectivity index (χ4n) is 2.28. The molecule has 0 amide bonds. The monoisotopic (exact) mass is 344 g/mol. The average Bonchev–Trinajstić information content (AvgIpc) is 2.58. The highest BCUT2D eigenvalue weighted by molar-refractivity contribution is 6.76. The number of halogens is 2. The highest BCUT2D eigenvalue weighted by Crippen LogP contribution is 2.31. The van der Waals surface area contributed by atoms with E-state index in [1.807, 2.05) is 6.07 Å². The van der Waals surface area contributed by atoms with Crippen LogP contribution >= 0.6 is 23.2 Å². The van der Waals surface area contributed by atoms with E-state index in [9.17, 15) is 0 Å². The van der Waals surface area contributed by atoms with Gasteiger partial charge in [-0.2, -0.15) is 0 Å². The van der Waals surface area contributed by atoms with Gasteiger partial charge in [-0.1, -0.05) is 42.8 Å². The summed E-state index contributed by atoms with van der Waals surface area (Å²) >= 11 is 12.3. The molecule has 21 heavy (non-hydrogen) atoms. The summed E-state index contributed by atoms with van der Waals surface area (Å²) in [5.74, 6) is 0. The summed E-state index contributed by atoms with van der Waals surface area (Å²) in [6.07, 6.45) is 0. The molecular formula is C15H22Cl2N2OSi. The van der Waals surface area contributed by atoms with E-state index in [1.54, 1.807) is 0 Å². The van der Waals surface area contributed by atoms with Gasteiger partial charge in [0.1, 0.15) is 11.9 Å². The van der Waals surface area contributed by atoms with Gasteiger partial charge in [-0.3, -0.25) is 0 Å². The van der Waals surface area contributed by atoms with E-state index in [-0.39, 0.29) is 0 Å². The van der Waals surface area contributed by atoms with Crippen LogP contribution in [0.15, 0.2) is 6.07 Å². The van der Waals surface area contributed by atoms with Crippen LogP contribution in [0, 0.1) is 13.8 Å². The van der Waals surface area contributed by atoms with E-state index >= 15 is 0 Å². The van der Waals surface area contributed by atoms with Crippen molar-refractivity contribution in [2.75, 3.05) is 6.61 Å². The Morgan fingerprint density at radius 1 is 1.24 bits per heavy atom. The topological polar surface area (TPSA) is 27.1 Å². The van der Waals surface area contributed by atoms with Gasteiger partial charge in [0, 0.05) is 25.8 Å². The van der Waals surface area contributed by atoms with Crippen molar-refractivity contribution in [3.8, 4) is 0 Å². The Labute approximate surface area is 137 Å². The fraction of sp³-hybridized carbons (Fsp3) is 0.533. The molecule has 0 saturated heterocycles. The number of pyridine rings is 1. The van der Waals surface area contributed by atoms with E-state index in [1.165, 1.54) is 5.56 Å². The first-order valence-electron chi connectivity index (χ1n) is 7.10. The summed E-state index contributed by atoms with van der Waals surface area (Å²) in [6, 6.07) is 3.02. The first-order chi connectivity index (χ1) is 9.70. The normalized spacial score (nSPS) is 12.3. The molecule has 0 aliphatic carbocycles. The van der Waals surface area contributed by atoms with Gasteiger partial charge in [0.25, 0.3) is 0 Å². The molecule has 2 aromatic heterocycles. The summed E-state index contributed by atoms with van der Waals surface area (Å²) in [4.78, 5) is 4.15. The Morgan fingerprint density at radius 3 is 2.52 bits per heavy atom. The highest BCUT2D eigenvalue weighted by Gasteiger charge is 2.16. The molecule has 0 unspecified atom stereocenters. The molecule has 116 valence electrons. The van der Waals surface area contributed by atoms with Crippen LogP contribution in [0.3, 0.4) is 0 Å². The quantitative estimate of drug-likeness (QED) is 0.419. The third-order valence-corrected chi connectivity index (χ3v) is 5.92. The third kappa shape index (κ3) is 3.80. The van der Waals surface area contributed by atoms with Crippen LogP contribution in [-0.2, 0) is 11.5 Å². The number of nitrogens with zero attached hydrogens (tertiary/aromatic N) is 2. The van der Waals surface area contributed by atoms with Gasteiger partial charge in [-0.25, -0.2) is 4.98 Å². The molecule has 0 spiro atoms. The summed E-state index contributed by atoms with van der Waals surface area (Å²) in [6.45, 7) is 12.5. The minimum absolute atomic E-state index is 0.424. The van der Waals surface area contributed by atoms with Crippen LogP contribution in [0.1, 0.15) is 11.3 Å². The molecule has 2 heterocycles. The molecule has 3 nitrogen and oxygen atoms in total. The first kappa shape index (κ1) is 16.8. The zero-order valence-corrected chi connectivity index (χ0v) is 15.8. The van der Waals surface area contributed by atoms with Gasteiger partial charge in [0.15, 0.2) is 5.15 Å². The maximum atomic E-state index is 6.27. The average molecular weight is 345 g/mol. The molecule has 0 saturated carbocycles. The summed E-state index contributed by atoms with van der Waals surface area (Å²) in [5.41, 5.74) is 3.22. The fourth-order valence-corrected chi connectivity index (χ4v) is 3.57. The smallest absolute Gasteiger partial charge is 0.155 e. The third-order valence-electron chi connectivity index (χ3n) is 3.76. The van der Waals surface area contributed by atoms with Crippen molar-refractivity contribution in [3.05, 3.63) is 27.6 Å². The van der Waals surface area contributed by atoms with Crippen molar-refractivity contribution < 1.29 is 4.74 Å². The standard InChI is InChI=1S/C15H22Cl2N2OSi/c1-10-11(2)19(9-20-6-7-21(3,4)5)14-12(10)8-13(16)18-15(14)17/h8H,6-7,9H2,1-5H3. The maximum absolute atomic E-state index is 6.27. The number of aromatic nitrogens is 2. The molecule has 2 rings (SSSR count). The van der Waals surface area contributed by atoms with E-state index in [4.69, 9.17) is 27.9 Å². The lowest BCUT2D eigenvalue weighted by Gasteiger charge is -2.16. The number of hydrogen-bond donors (Lipinski definition) is 0. The van der Waals surface area contributed by atoms with E-state index < -0.39 is 8.07 Å². The van der Waals surface area contributed by atoms with Gasteiger partial charge >= 0.3 is 0 Å². The van der Waals surface area contributed by atoms with Crippen molar-refractivity contribution in [3.63, 3.8) is 0 Å². The molecular weight excluding hydrogens is 323 g/mol. The van der Waals surface area contributed by atoms with Gasteiger partial charge in [-0.15, -0.1) is 0 Å². The molecule has 0 bridgehead atoms. The van der Waals surface area contributed by atoms with Crippen molar-refractivity contribution in [1.82, 2.24) is 9.55 Å². The molecule has 2 aromatic rings. The molecule has 0 N–H and O–H groups in total. The van der Waals surface area contributed by atoms with Crippen LogP contribution in [-0.4, -0.2) is 24.2 Å². The summed E-state index contributed by atoms with van der Waals surface area (Å²) in [5, 5.41) is 1.90. The number of aryl methyl sites for hydroxylation is 1. The Hall–Kier alpha value is -0.553. The van der Waals surface area contributed by atoms with E-state index in [2.05, 4.69) is 43.0 Å². The first-order valence-corrected chi connectivity index (χ1v) is 11.6. The van der Waals surface area contributed by atoms with Gasteiger partial charge in [0.05, 0.1) is 5.52 Å². The number of rotatable bonds is 5. The lowest BCUT2D eigenvalue weighted by Crippen LogP contribution is -2.22. The van der Waals surface area contributed by atoms with E-state index in [0.717, 1.165) is 29.2 Å². The van der Waals surface area contributed by atoms with E-state index in [0.29, 0.717) is 17.0 Å². The van der Waals surface area contributed by atoms with Crippen LogP contribution in [0.4, 0.5) is 0 Å². The molecule has 0 radical (unpaired) electrons. The maximum Gasteiger partial charge on any atom is 0.155 e. The summed E-state index contributed by atoms with van der Waals surface area (Å²) in [7, 11) is -1.07. The van der Waals surface area contributed by atoms with Gasteiger partial charge < -0.3 is 9.30 Å². The predicted octanol–water partition coefficient (Wildman–Crippen LogP) is 5.27. The van der Waals surface area contributed by atoms with Crippen LogP contribution in [0.25, 0.3) is 10.9 Å². The van der Waals surface area contributed by atoms with Crippen molar-refractivity contribution in [2.45, 2.75) is 46.3 Å². The molecule has 0 aromatic carbocycles. The highest BCUT2D eigenvalue weighted by atomic mass is 35.5. The van der Waals surface area contributed by atoms with Crippen molar-refractivity contribution >= 4 is 42.2 Å². The minimum atomic E-state index is -1.07. The second-order valence-electron chi connectivity index (χ2n) is 6.62. The van der Waals surface area contributed by atoms with Crippen LogP contribution < -0.4 is 0 Å². The number of ether oxygens (including phenoxy) is 1. The van der Waals surface area contributed by atoms with Gasteiger partial charge in [0.2, 0.25) is 0 Å². The second-order valence-corrected chi connectivity index (χ2v) is 13.0. The molecule has 0 atom stereocenters. The molecule has 0 aliphatic heterocycles. The Morgan fingerprint density at radius 2 is 1.90 bits per heavy atom. The zero-order chi connectivity index (χ0) is 15.8. The second kappa shape index (κ2) is 6.29. The number of hydrogen-bond acceptors (Lipinski definition) is 2.